The summed E-state index contributed by atoms with van der Waals surface area (Å²) < 4.78 is 21.7. The Morgan fingerprint density at radius 2 is 1.73 bits per heavy atom. The zero-order valence-corrected chi connectivity index (χ0v) is 25.3. The van der Waals surface area contributed by atoms with Gasteiger partial charge in [-0.25, -0.2) is 15.0 Å². The standard InChI is InChI=1S/C22H43N5O3Si3/c1-22(2,3)33(10,11)28-13-17-16(30-32(7,8)9)12-18(29-17)27-15-25-19-20(26-31(4,5)6)23-14-24-21(19)27/h14-18H,12-13H2,1-11H3,(H,23,24,26)/t16?,17-,18-/m0/s1. The van der Waals surface area contributed by atoms with Crippen LogP contribution in [0.25, 0.3) is 11.2 Å². The first-order chi connectivity index (χ1) is 15.0. The quantitative estimate of drug-likeness (QED) is 0.463. The van der Waals surface area contributed by atoms with Crippen LogP contribution in [-0.2, 0) is 13.6 Å². The Morgan fingerprint density at radius 3 is 2.30 bits per heavy atom. The molecule has 1 N–H and O–H groups in total. The molecule has 1 saturated heterocycles. The summed E-state index contributed by atoms with van der Waals surface area (Å²) in [4.78, 5) is 17.2. The second-order valence-corrected chi connectivity index (χ2v) is 26.6. The molecule has 0 amide bonds. The molecular weight excluding hydrogens is 467 g/mol. The van der Waals surface area contributed by atoms with E-state index in [0.29, 0.717) is 6.61 Å². The van der Waals surface area contributed by atoms with Crippen molar-refractivity contribution in [2.45, 2.75) is 103 Å². The van der Waals surface area contributed by atoms with Gasteiger partial charge in [-0.1, -0.05) is 40.4 Å². The van der Waals surface area contributed by atoms with E-state index in [1.54, 1.807) is 6.33 Å². The maximum Gasteiger partial charge on any atom is 0.192 e. The largest absolute Gasteiger partial charge is 0.414 e. The molecule has 1 fully saturated rings. The van der Waals surface area contributed by atoms with Crippen LogP contribution in [-0.4, -0.2) is 63.2 Å². The van der Waals surface area contributed by atoms with Crippen LogP contribution in [0.2, 0.25) is 57.4 Å². The molecule has 3 heterocycles. The minimum Gasteiger partial charge on any atom is -0.414 e. The van der Waals surface area contributed by atoms with Gasteiger partial charge in [0.05, 0.1) is 19.0 Å². The van der Waals surface area contributed by atoms with Crippen LogP contribution in [0, 0.1) is 0 Å². The van der Waals surface area contributed by atoms with E-state index in [4.69, 9.17) is 13.6 Å². The molecular formula is C22H43N5O3Si3. The maximum absolute atomic E-state index is 6.57. The summed E-state index contributed by atoms with van der Waals surface area (Å²) >= 11 is 0. The van der Waals surface area contributed by atoms with Gasteiger partial charge in [0.2, 0.25) is 0 Å². The van der Waals surface area contributed by atoms with Crippen molar-refractivity contribution in [3.8, 4) is 0 Å². The molecule has 1 unspecified atom stereocenters. The molecule has 2 aromatic rings. The van der Waals surface area contributed by atoms with Crippen LogP contribution in [0.5, 0.6) is 0 Å². The molecule has 0 spiro atoms. The van der Waals surface area contributed by atoms with E-state index in [2.05, 4.69) is 93.1 Å². The van der Waals surface area contributed by atoms with Gasteiger partial charge in [0.1, 0.15) is 38.2 Å². The van der Waals surface area contributed by atoms with Crippen molar-refractivity contribution in [1.82, 2.24) is 19.5 Å². The number of rotatable bonds is 8. The number of nitrogens with zero attached hydrogens (tertiary/aromatic N) is 4. The first-order valence-electron chi connectivity index (χ1n) is 11.9. The van der Waals surface area contributed by atoms with E-state index < -0.39 is 24.9 Å². The molecule has 8 nitrogen and oxygen atoms in total. The Hall–Kier alpha value is -1.12. The molecule has 0 aromatic carbocycles. The molecule has 11 heteroatoms. The fourth-order valence-electron chi connectivity index (χ4n) is 3.62. The fourth-order valence-corrected chi connectivity index (χ4v) is 6.68. The minimum atomic E-state index is -1.89. The summed E-state index contributed by atoms with van der Waals surface area (Å²) in [6.45, 7) is 25.3. The van der Waals surface area contributed by atoms with Gasteiger partial charge in [0.25, 0.3) is 0 Å². The first kappa shape index (κ1) is 26.5. The minimum absolute atomic E-state index is 0.00898. The average Bonchev–Trinajstić information content (AvgIpc) is 3.21. The predicted octanol–water partition coefficient (Wildman–Crippen LogP) is 5.60. The lowest BCUT2D eigenvalue weighted by molar-refractivity contribution is -0.0376. The number of hydrogen-bond donors (Lipinski definition) is 1. The number of nitrogens with one attached hydrogen (secondary N) is 1. The second kappa shape index (κ2) is 9.15. The van der Waals surface area contributed by atoms with E-state index in [-0.39, 0.29) is 23.5 Å². The van der Waals surface area contributed by atoms with Crippen LogP contribution < -0.4 is 4.98 Å². The average molecular weight is 510 g/mol. The third kappa shape index (κ3) is 6.51. The highest BCUT2D eigenvalue weighted by molar-refractivity contribution is 6.79. The van der Waals surface area contributed by atoms with Crippen molar-refractivity contribution in [2.75, 3.05) is 11.6 Å². The van der Waals surface area contributed by atoms with E-state index >= 15 is 0 Å². The number of fused-ring (bicyclic) bond motifs is 1. The molecule has 0 radical (unpaired) electrons. The van der Waals surface area contributed by atoms with E-state index in [1.807, 2.05) is 10.9 Å². The van der Waals surface area contributed by atoms with Gasteiger partial charge in [-0.3, -0.25) is 4.57 Å². The zero-order valence-electron chi connectivity index (χ0n) is 22.3. The Kier molecular flexibility index (Phi) is 7.35. The Labute approximate surface area is 202 Å². The normalized spacial score (nSPS) is 22.8. The highest BCUT2D eigenvalue weighted by Crippen LogP contribution is 2.39. The molecule has 33 heavy (non-hydrogen) atoms. The third-order valence-corrected chi connectivity index (χ3v) is 12.8. The number of aromatic nitrogens is 4. The highest BCUT2D eigenvalue weighted by Gasteiger charge is 2.43. The Balaban J connectivity index is 1.85. The zero-order chi connectivity index (χ0) is 24.8. The second-order valence-electron chi connectivity index (χ2n) is 12.6. The van der Waals surface area contributed by atoms with Crippen molar-refractivity contribution < 1.29 is 13.6 Å². The van der Waals surface area contributed by atoms with Gasteiger partial charge in [-0.05, 0) is 37.8 Å². The molecule has 0 aliphatic carbocycles. The van der Waals surface area contributed by atoms with Crippen LogP contribution in [0.1, 0.15) is 33.4 Å². The first-order valence-corrected chi connectivity index (χ1v) is 21.7. The SMILES string of the molecule is CC(C)(C)[Si](C)(C)OC[C@@H]1O[C@H](n2cnc3c(N[Si](C)(C)C)ncnc32)CC1O[Si](C)(C)C. The highest BCUT2D eigenvalue weighted by atomic mass is 28.4. The van der Waals surface area contributed by atoms with Gasteiger partial charge in [0.15, 0.2) is 22.3 Å². The third-order valence-electron chi connectivity index (χ3n) is 6.26. The number of imidazole rings is 1. The Bertz CT molecular complexity index is 963. The van der Waals surface area contributed by atoms with E-state index in [0.717, 1.165) is 23.4 Å². The van der Waals surface area contributed by atoms with Gasteiger partial charge < -0.3 is 18.6 Å². The summed E-state index contributed by atoms with van der Waals surface area (Å²) in [6.07, 6.45) is 3.86. The summed E-state index contributed by atoms with van der Waals surface area (Å²) in [5.74, 6) is 0.795. The van der Waals surface area contributed by atoms with Gasteiger partial charge in [0, 0.05) is 6.42 Å². The van der Waals surface area contributed by atoms with Crippen molar-refractivity contribution >= 4 is 41.9 Å². The smallest absolute Gasteiger partial charge is 0.192 e. The molecule has 186 valence electrons. The summed E-state index contributed by atoms with van der Waals surface area (Å²) in [5.41, 5.74) is 1.57. The van der Waals surface area contributed by atoms with Gasteiger partial charge in [-0.15, -0.1) is 0 Å². The number of hydrogen-bond acceptors (Lipinski definition) is 7. The van der Waals surface area contributed by atoms with Crippen molar-refractivity contribution in [2.24, 2.45) is 0 Å². The summed E-state index contributed by atoms with van der Waals surface area (Å²) in [6, 6.07) is 0. The molecule has 3 atom stereocenters. The van der Waals surface area contributed by atoms with Crippen molar-refractivity contribution in [1.29, 1.82) is 0 Å². The van der Waals surface area contributed by atoms with Gasteiger partial charge >= 0.3 is 0 Å². The molecule has 2 aromatic heterocycles. The molecule has 3 rings (SSSR count). The maximum atomic E-state index is 6.57. The van der Waals surface area contributed by atoms with Crippen molar-refractivity contribution in [3.63, 3.8) is 0 Å². The molecule has 0 saturated carbocycles. The predicted molar refractivity (Wildman–Crippen MR) is 142 cm³/mol. The monoisotopic (exact) mass is 509 g/mol. The molecule has 0 bridgehead atoms. The lowest BCUT2D eigenvalue weighted by Crippen LogP contribution is -2.45. The van der Waals surface area contributed by atoms with Crippen LogP contribution in [0.3, 0.4) is 0 Å². The van der Waals surface area contributed by atoms with Crippen LogP contribution in [0.4, 0.5) is 5.82 Å². The summed E-state index contributed by atoms with van der Waals surface area (Å²) in [7, 11) is -5.23. The lowest BCUT2D eigenvalue weighted by atomic mass is 10.2. The lowest BCUT2D eigenvalue weighted by Gasteiger charge is -2.37. The van der Waals surface area contributed by atoms with Crippen LogP contribution in [0.15, 0.2) is 12.7 Å². The Morgan fingerprint density at radius 1 is 1.06 bits per heavy atom. The fraction of sp³-hybridized carbons (Fsp3) is 0.773. The van der Waals surface area contributed by atoms with E-state index in [1.165, 1.54) is 0 Å². The summed E-state index contributed by atoms with van der Waals surface area (Å²) in [5, 5.41) is 0.150. The van der Waals surface area contributed by atoms with Crippen LogP contribution >= 0.6 is 0 Å². The van der Waals surface area contributed by atoms with Gasteiger partial charge in [-0.2, -0.15) is 0 Å². The van der Waals surface area contributed by atoms with Crippen molar-refractivity contribution in [3.05, 3.63) is 12.7 Å². The molecule has 1 aliphatic heterocycles. The number of anilines is 1. The topological polar surface area (TPSA) is 83.3 Å². The number of ether oxygens (including phenoxy) is 1. The molecule has 1 aliphatic rings. The van der Waals surface area contributed by atoms with E-state index in [9.17, 15) is 0 Å².